The smallest absolute Gasteiger partial charge is 0.449 e. The number of amides is 1. The number of benzene rings is 2. The van der Waals surface area contributed by atoms with Crippen molar-refractivity contribution in [3.8, 4) is 17.0 Å². The fraction of sp³-hybridized carbons (Fsp3) is 0.333. The van der Waals surface area contributed by atoms with Crippen LogP contribution in [0.25, 0.3) is 11.3 Å². The van der Waals surface area contributed by atoms with Gasteiger partial charge in [-0.25, -0.2) is 18.2 Å². The molecule has 0 radical (unpaired) electrons. The van der Waals surface area contributed by atoms with Gasteiger partial charge < -0.3 is 19.9 Å². The van der Waals surface area contributed by atoms with Crippen LogP contribution in [0.4, 0.5) is 26.3 Å². The number of carbonyl (C=O) groups is 1. The summed E-state index contributed by atoms with van der Waals surface area (Å²) in [5.74, 6) is -4.78. The van der Waals surface area contributed by atoms with E-state index < -0.39 is 41.4 Å². The number of imidazole rings is 1. The number of methoxy groups -OCH3 is 1. The molecule has 192 valence electrons. The van der Waals surface area contributed by atoms with Crippen LogP contribution >= 0.6 is 0 Å². The zero-order chi connectivity index (χ0) is 26.2. The Labute approximate surface area is 202 Å². The highest BCUT2D eigenvalue weighted by Gasteiger charge is 2.41. The van der Waals surface area contributed by atoms with Gasteiger partial charge in [0.25, 0.3) is 0 Å². The van der Waals surface area contributed by atoms with Crippen molar-refractivity contribution in [1.82, 2.24) is 14.5 Å². The first kappa shape index (κ1) is 25.5. The Balaban J connectivity index is 1.57. The third-order valence-electron chi connectivity index (χ3n) is 5.98. The molecule has 4 rings (SSSR count). The van der Waals surface area contributed by atoms with E-state index in [-0.39, 0.29) is 49.4 Å². The molecule has 1 aliphatic heterocycles. The fourth-order valence-electron chi connectivity index (χ4n) is 4.28. The van der Waals surface area contributed by atoms with E-state index in [2.05, 4.69) is 4.98 Å². The second kappa shape index (κ2) is 9.84. The number of nitrogens with zero attached hydrogens (tertiary/aromatic N) is 3. The number of alkyl halides is 3. The van der Waals surface area contributed by atoms with E-state index in [0.29, 0.717) is 23.4 Å². The van der Waals surface area contributed by atoms with E-state index in [1.807, 2.05) is 0 Å². The molecule has 1 aliphatic rings. The summed E-state index contributed by atoms with van der Waals surface area (Å²) in [6.45, 7) is -0.338. The molecule has 0 spiro atoms. The van der Waals surface area contributed by atoms with E-state index in [9.17, 15) is 31.1 Å². The van der Waals surface area contributed by atoms with Gasteiger partial charge in [0.05, 0.1) is 25.0 Å². The van der Waals surface area contributed by atoms with E-state index in [1.54, 1.807) is 24.3 Å². The van der Waals surface area contributed by atoms with Crippen LogP contribution in [0.2, 0.25) is 0 Å². The lowest BCUT2D eigenvalue weighted by molar-refractivity contribution is -0.148. The van der Waals surface area contributed by atoms with Gasteiger partial charge in [-0.1, -0.05) is 12.1 Å². The average molecular weight is 512 g/mol. The van der Waals surface area contributed by atoms with Crippen molar-refractivity contribution in [2.24, 2.45) is 5.73 Å². The first-order valence-corrected chi connectivity index (χ1v) is 11.0. The van der Waals surface area contributed by atoms with E-state index in [1.165, 1.54) is 12.0 Å². The highest BCUT2D eigenvalue weighted by Crippen LogP contribution is 2.38. The molecule has 0 bridgehead atoms. The normalized spacial score (nSPS) is 14.5. The summed E-state index contributed by atoms with van der Waals surface area (Å²) in [6, 6.07) is 6.64. The van der Waals surface area contributed by atoms with Gasteiger partial charge in [-0.15, -0.1) is 0 Å². The van der Waals surface area contributed by atoms with E-state index >= 15 is 0 Å². The van der Waals surface area contributed by atoms with Crippen LogP contribution in [-0.2, 0) is 30.5 Å². The topological polar surface area (TPSA) is 73.4 Å². The van der Waals surface area contributed by atoms with E-state index in [0.717, 1.165) is 4.57 Å². The SMILES string of the molecule is COc1ccccc1-c1nc(C(F)(F)F)n2c1CN(C(=O)C[C@H](N)Cc1cc(F)c(F)cc1F)CC2. The van der Waals surface area contributed by atoms with Crippen LogP contribution in [0.15, 0.2) is 36.4 Å². The Morgan fingerprint density at radius 3 is 2.50 bits per heavy atom. The number of hydrogen-bond donors (Lipinski definition) is 1. The molecule has 3 aromatic rings. The molecular formula is C24H22F6N4O2. The summed E-state index contributed by atoms with van der Waals surface area (Å²) in [5, 5.41) is 0. The van der Waals surface area contributed by atoms with Gasteiger partial charge in [0.2, 0.25) is 11.7 Å². The van der Waals surface area contributed by atoms with Gasteiger partial charge >= 0.3 is 6.18 Å². The molecule has 1 aromatic heterocycles. The summed E-state index contributed by atoms with van der Waals surface area (Å²) in [6.07, 6.45) is -5.22. The highest BCUT2D eigenvalue weighted by molar-refractivity contribution is 5.78. The van der Waals surface area contributed by atoms with Crippen molar-refractivity contribution >= 4 is 5.91 Å². The second-order valence-corrected chi connectivity index (χ2v) is 8.42. The van der Waals surface area contributed by atoms with Crippen molar-refractivity contribution < 1.29 is 35.9 Å². The van der Waals surface area contributed by atoms with Crippen LogP contribution in [-0.4, -0.2) is 40.1 Å². The monoisotopic (exact) mass is 512 g/mol. The molecule has 6 nitrogen and oxygen atoms in total. The van der Waals surface area contributed by atoms with Crippen LogP contribution < -0.4 is 10.5 Å². The third kappa shape index (κ3) is 5.03. The molecule has 2 N–H and O–H groups in total. The quantitative estimate of drug-likeness (QED) is 0.395. The number of nitrogens with two attached hydrogens (primary N) is 1. The van der Waals surface area contributed by atoms with Crippen molar-refractivity contribution in [3.63, 3.8) is 0 Å². The molecule has 0 unspecified atom stereocenters. The minimum absolute atomic E-state index is 0.0249. The second-order valence-electron chi connectivity index (χ2n) is 8.42. The summed E-state index contributed by atoms with van der Waals surface area (Å²) in [4.78, 5) is 18.1. The van der Waals surface area contributed by atoms with Crippen LogP contribution in [0, 0.1) is 17.5 Å². The molecule has 0 aliphatic carbocycles. The standard InChI is InChI=1S/C24H22F6N4O2/c1-36-20-5-3-2-4-15(20)22-19-12-33(6-7-34(19)23(32-22)24(28,29)30)21(35)10-14(31)8-13-9-17(26)18(27)11-16(13)25/h2-5,9,11,14H,6-8,10,12,31H2,1H3/t14-/m1/s1. The Morgan fingerprint density at radius 1 is 1.11 bits per heavy atom. The lowest BCUT2D eigenvalue weighted by Crippen LogP contribution is -2.42. The van der Waals surface area contributed by atoms with Crippen molar-refractivity contribution in [3.05, 3.63) is 70.9 Å². The zero-order valence-electron chi connectivity index (χ0n) is 19.1. The van der Waals surface area contributed by atoms with Crippen molar-refractivity contribution in [2.45, 2.75) is 38.1 Å². The molecule has 0 saturated heterocycles. The molecule has 1 atom stereocenters. The minimum atomic E-state index is -4.71. The third-order valence-corrected chi connectivity index (χ3v) is 5.98. The maximum absolute atomic E-state index is 13.9. The lowest BCUT2D eigenvalue weighted by Gasteiger charge is -2.30. The van der Waals surface area contributed by atoms with Crippen LogP contribution in [0.5, 0.6) is 5.75 Å². The number of carbonyl (C=O) groups excluding carboxylic acids is 1. The van der Waals surface area contributed by atoms with Crippen LogP contribution in [0.1, 0.15) is 23.5 Å². The number of para-hydroxylation sites is 1. The summed E-state index contributed by atoms with van der Waals surface area (Å²) < 4.78 is 88.0. The summed E-state index contributed by atoms with van der Waals surface area (Å²) in [7, 11) is 1.39. The molecule has 36 heavy (non-hydrogen) atoms. The Kier molecular flexibility index (Phi) is 6.98. The Bertz CT molecular complexity index is 1290. The lowest BCUT2D eigenvalue weighted by atomic mass is 10.0. The molecule has 2 aromatic carbocycles. The number of rotatable bonds is 6. The molecule has 0 saturated carbocycles. The predicted molar refractivity (Wildman–Crippen MR) is 117 cm³/mol. The van der Waals surface area contributed by atoms with Gasteiger partial charge in [-0.05, 0) is 30.2 Å². The van der Waals surface area contributed by atoms with Crippen molar-refractivity contribution in [2.75, 3.05) is 13.7 Å². The summed E-state index contributed by atoms with van der Waals surface area (Å²) in [5.41, 5.74) is 6.37. The fourth-order valence-corrected chi connectivity index (χ4v) is 4.28. The average Bonchev–Trinajstić information content (AvgIpc) is 3.21. The Hall–Kier alpha value is -3.54. The Morgan fingerprint density at radius 2 is 1.81 bits per heavy atom. The molecule has 2 heterocycles. The van der Waals surface area contributed by atoms with E-state index in [4.69, 9.17) is 10.5 Å². The molecule has 0 fully saturated rings. The first-order valence-electron chi connectivity index (χ1n) is 11.0. The first-order chi connectivity index (χ1) is 17.0. The predicted octanol–water partition coefficient (Wildman–Crippen LogP) is 4.30. The van der Waals surface area contributed by atoms with Crippen molar-refractivity contribution in [1.29, 1.82) is 0 Å². The summed E-state index contributed by atoms with van der Waals surface area (Å²) >= 11 is 0. The van der Waals surface area contributed by atoms with Crippen LogP contribution in [0.3, 0.4) is 0 Å². The highest BCUT2D eigenvalue weighted by atomic mass is 19.4. The number of hydrogen-bond acceptors (Lipinski definition) is 4. The number of aromatic nitrogens is 2. The largest absolute Gasteiger partial charge is 0.496 e. The van der Waals surface area contributed by atoms with Gasteiger partial charge in [0.1, 0.15) is 11.6 Å². The molecule has 12 heteroatoms. The maximum atomic E-state index is 13.9. The molecular weight excluding hydrogens is 490 g/mol. The van der Waals surface area contributed by atoms with Gasteiger partial charge in [-0.3, -0.25) is 4.79 Å². The molecule has 1 amide bonds. The van der Waals surface area contributed by atoms with Gasteiger partial charge in [0.15, 0.2) is 11.6 Å². The number of halogens is 6. The van der Waals surface area contributed by atoms with Gasteiger partial charge in [-0.2, -0.15) is 13.2 Å². The maximum Gasteiger partial charge on any atom is 0.449 e. The number of ether oxygens (including phenoxy) is 1. The number of fused-ring (bicyclic) bond motifs is 1. The minimum Gasteiger partial charge on any atom is -0.496 e. The zero-order valence-corrected chi connectivity index (χ0v) is 19.1. The van der Waals surface area contributed by atoms with Gasteiger partial charge in [0, 0.05) is 37.2 Å².